The molecule has 0 spiro atoms. The lowest BCUT2D eigenvalue weighted by atomic mass is 10.0. The van der Waals surface area contributed by atoms with Crippen molar-refractivity contribution in [2.24, 2.45) is 0 Å². The van der Waals surface area contributed by atoms with Crippen LogP contribution in [0.15, 0.2) is 48.5 Å². The summed E-state index contributed by atoms with van der Waals surface area (Å²) in [6, 6.07) is 17.4. The zero-order chi connectivity index (χ0) is 19.9. The van der Waals surface area contributed by atoms with Crippen LogP contribution < -0.4 is 5.32 Å². The third kappa shape index (κ3) is 5.91. The van der Waals surface area contributed by atoms with Gasteiger partial charge in [-0.3, -0.25) is 9.69 Å². The molecule has 1 amide bonds. The molecule has 0 saturated heterocycles. The molecule has 0 radical (unpaired) electrons. The minimum atomic E-state index is 0.0814. The minimum Gasteiger partial charge on any atom is -0.380 e. The summed E-state index contributed by atoms with van der Waals surface area (Å²) < 4.78 is 5.25. The summed E-state index contributed by atoms with van der Waals surface area (Å²) in [4.78, 5) is 14.9. The first-order chi connectivity index (χ1) is 13.6. The molecule has 2 aromatic carbocycles. The maximum Gasteiger partial charge on any atom is 0.234 e. The zero-order valence-corrected chi connectivity index (χ0v) is 17.3. The van der Waals surface area contributed by atoms with Crippen molar-refractivity contribution >= 4 is 5.91 Å². The maximum absolute atomic E-state index is 12.6. The highest BCUT2D eigenvalue weighted by molar-refractivity contribution is 5.78. The van der Waals surface area contributed by atoms with Crippen LogP contribution in [-0.4, -0.2) is 30.5 Å². The van der Waals surface area contributed by atoms with E-state index < -0.39 is 0 Å². The summed E-state index contributed by atoms with van der Waals surface area (Å²) in [6.07, 6.45) is 2.38. The van der Waals surface area contributed by atoms with E-state index in [1.165, 1.54) is 24.0 Å². The number of amides is 1. The number of carbonyl (C=O) groups is 1. The molecule has 0 unspecified atom stereocenters. The summed E-state index contributed by atoms with van der Waals surface area (Å²) in [5.74, 6) is 0.623. The second-order valence-corrected chi connectivity index (χ2v) is 8.01. The first-order valence-corrected chi connectivity index (χ1v) is 10.2. The summed E-state index contributed by atoms with van der Waals surface area (Å²) >= 11 is 0. The van der Waals surface area contributed by atoms with Gasteiger partial charge in [-0.1, -0.05) is 62.4 Å². The number of nitrogens with one attached hydrogen (secondary N) is 1. The van der Waals surface area contributed by atoms with E-state index in [-0.39, 0.29) is 5.91 Å². The molecule has 3 rings (SSSR count). The van der Waals surface area contributed by atoms with E-state index in [4.69, 9.17) is 4.74 Å². The van der Waals surface area contributed by atoms with Crippen LogP contribution in [0, 0.1) is 0 Å². The highest BCUT2D eigenvalue weighted by atomic mass is 16.5. The molecule has 1 aliphatic carbocycles. The predicted molar refractivity (Wildman–Crippen MR) is 113 cm³/mol. The minimum absolute atomic E-state index is 0.0814. The third-order valence-electron chi connectivity index (χ3n) is 5.34. The van der Waals surface area contributed by atoms with Gasteiger partial charge in [-0.15, -0.1) is 0 Å². The zero-order valence-electron chi connectivity index (χ0n) is 17.3. The van der Waals surface area contributed by atoms with E-state index in [1.807, 2.05) is 24.3 Å². The van der Waals surface area contributed by atoms with Crippen LogP contribution in [0.25, 0.3) is 0 Å². The Labute approximate surface area is 168 Å². The Morgan fingerprint density at radius 2 is 1.79 bits per heavy atom. The number of rotatable bonds is 10. The van der Waals surface area contributed by atoms with Gasteiger partial charge < -0.3 is 10.1 Å². The molecule has 0 aliphatic heterocycles. The van der Waals surface area contributed by atoms with Crippen molar-refractivity contribution in [3.8, 4) is 0 Å². The number of methoxy groups -OCH3 is 1. The van der Waals surface area contributed by atoms with Crippen molar-refractivity contribution in [3.63, 3.8) is 0 Å². The van der Waals surface area contributed by atoms with Crippen LogP contribution >= 0.6 is 0 Å². The Bertz CT molecular complexity index is 766. The van der Waals surface area contributed by atoms with Crippen molar-refractivity contribution in [1.29, 1.82) is 0 Å². The van der Waals surface area contributed by atoms with Crippen LogP contribution in [0.1, 0.15) is 54.9 Å². The fourth-order valence-electron chi connectivity index (χ4n) is 3.46. The standard InChI is InChI=1S/C24H32N2O2/c1-18(2)20-10-8-19(9-11-20)15-26(23-12-13-23)16-24(27)25-14-21-6-4-5-7-22(21)17-28-3/h4-11,18,23H,12-17H2,1-3H3,(H,25,27). The number of nitrogens with zero attached hydrogens (tertiary/aromatic N) is 1. The van der Waals surface area contributed by atoms with Gasteiger partial charge in [-0.2, -0.15) is 0 Å². The normalized spacial score (nSPS) is 13.9. The first kappa shape index (κ1) is 20.6. The molecule has 1 saturated carbocycles. The number of carbonyl (C=O) groups excluding carboxylic acids is 1. The fourth-order valence-corrected chi connectivity index (χ4v) is 3.46. The number of benzene rings is 2. The van der Waals surface area contributed by atoms with E-state index in [0.717, 1.165) is 17.7 Å². The smallest absolute Gasteiger partial charge is 0.234 e. The molecule has 0 heterocycles. The van der Waals surface area contributed by atoms with Gasteiger partial charge in [0.15, 0.2) is 0 Å². The summed E-state index contributed by atoms with van der Waals surface area (Å²) in [5, 5.41) is 3.08. The van der Waals surface area contributed by atoms with E-state index in [9.17, 15) is 4.79 Å². The first-order valence-electron chi connectivity index (χ1n) is 10.2. The van der Waals surface area contributed by atoms with Gasteiger partial charge in [-0.05, 0) is 41.0 Å². The molecule has 1 fully saturated rings. The Kier molecular flexibility index (Phi) is 7.24. The van der Waals surface area contributed by atoms with Crippen molar-refractivity contribution in [2.75, 3.05) is 13.7 Å². The van der Waals surface area contributed by atoms with Gasteiger partial charge in [0.1, 0.15) is 0 Å². The second kappa shape index (κ2) is 9.85. The summed E-state index contributed by atoms with van der Waals surface area (Å²) in [5.41, 5.74) is 4.86. The quantitative estimate of drug-likeness (QED) is 0.670. The SMILES string of the molecule is COCc1ccccc1CNC(=O)CN(Cc1ccc(C(C)C)cc1)C1CC1. The lowest BCUT2D eigenvalue weighted by Crippen LogP contribution is -2.38. The van der Waals surface area contributed by atoms with Gasteiger partial charge in [0.2, 0.25) is 5.91 Å². The van der Waals surface area contributed by atoms with Gasteiger partial charge in [-0.25, -0.2) is 0 Å². The monoisotopic (exact) mass is 380 g/mol. The molecule has 2 aromatic rings. The lowest BCUT2D eigenvalue weighted by molar-refractivity contribution is -0.122. The highest BCUT2D eigenvalue weighted by Crippen LogP contribution is 2.28. The molecular formula is C24H32N2O2. The Morgan fingerprint density at radius 3 is 2.39 bits per heavy atom. The third-order valence-corrected chi connectivity index (χ3v) is 5.34. The number of hydrogen-bond acceptors (Lipinski definition) is 3. The largest absolute Gasteiger partial charge is 0.380 e. The molecule has 4 heteroatoms. The number of hydrogen-bond donors (Lipinski definition) is 1. The molecular weight excluding hydrogens is 348 g/mol. The predicted octanol–water partition coefficient (Wildman–Crippen LogP) is 4.24. The average molecular weight is 381 g/mol. The average Bonchev–Trinajstić information content (AvgIpc) is 3.53. The molecule has 0 atom stereocenters. The van der Waals surface area contributed by atoms with Crippen LogP contribution in [-0.2, 0) is 29.2 Å². The van der Waals surface area contributed by atoms with Crippen LogP contribution in [0.3, 0.4) is 0 Å². The topological polar surface area (TPSA) is 41.6 Å². The summed E-state index contributed by atoms with van der Waals surface area (Å²) in [7, 11) is 1.69. The van der Waals surface area contributed by atoms with Crippen LogP contribution in [0.5, 0.6) is 0 Å². The molecule has 0 bridgehead atoms. The van der Waals surface area contributed by atoms with Crippen molar-refractivity contribution in [1.82, 2.24) is 10.2 Å². The molecule has 4 nitrogen and oxygen atoms in total. The summed E-state index contributed by atoms with van der Waals surface area (Å²) in [6.45, 7) is 6.80. The lowest BCUT2D eigenvalue weighted by Gasteiger charge is -2.22. The van der Waals surface area contributed by atoms with Gasteiger partial charge in [0, 0.05) is 26.2 Å². The van der Waals surface area contributed by atoms with Gasteiger partial charge in [0.05, 0.1) is 13.2 Å². The Morgan fingerprint density at radius 1 is 1.11 bits per heavy atom. The van der Waals surface area contributed by atoms with Crippen LogP contribution in [0.2, 0.25) is 0 Å². The Balaban J connectivity index is 1.55. The van der Waals surface area contributed by atoms with Gasteiger partial charge >= 0.3 is 0 Å². The van der Waals surface area contributed by atoms with Crippen molar-refractivity contribution < 1.29 is 9.53 Å². The number of ether oxygens (including phenoxy) is 1. The van der Waals surface area contributed by atoms with E-state index >= 15 is 0 Å². The molecule has 0 aromatic heterocycles. The Hall–Kier alpha value is -2.17. The molecule has 28 heavy (non-hydrogen) atoms. The maximum atomic E-state index is 12.6. The molecule has 1 aliphatic rings. The van der Waals surface area contributed by atoms with E-state index in [1.54, 1.807) is 7.11 Å². The van der Waals surface area contributed by atoms with Gasteiger partial charge in [0.25, 0.3) is 0 Å². The molecule has 1 N–H and O–H groups in total. The van der Waals surface area contributed by atoms with E-state index in [0.29, 0.717) is 31.7 Å². The highest BCUT2D eigenvalue weighted by Gasteiger charge is 2.30. The molecule has 150 valence electrons. The fraction of sp³-hybridized carbons (Fsp3) is 0.458. The van der Waals surface area contributed by atoms with E-state index in [2.05, 4.69) is 48.3 Å². The van der Waals surface area contributed by atoms with Crippen LogP contribution in [0.4, 0.5) is 0 Å². The second-order valence-electron chi connectivity index (χ2n) is 8.01. The van der Waals surface area contributed by atoms with Crippen molar-refractivity contribution in [2.45, 2.75) is 58.3 Å². The van der Waals surface area contributed by atoms with Crippen molar-refractivity contribution in [3.05, 3.63) is 70.8 Å².